The number of hydrogen-bond acceptors (Lipinski definition) is 3. The summed E-state index contributed by atoms with van der Waals surface area (Å²) in [6, 6.07) is 4.72. The summed E-state index contributed by atoms with van der Waals surface area (Å²) >= 11 is 11.5. The average molecular weight is 271 g/mol. The smallest absolute Gasteiger partial charge is 0.277 e. The Morgan fingerprint density at radius 2 is 2.18 bits per heavy atom. The number of anilines is 1. The van der Waals surface area contributed by atoms with E-state index in [0.29, 0.717) is 16.0 Å². The minimum Gasteiger partial charge on any atom is -0.305 e. The van der Waals surface area contributed by atoms with Crippen molar-refractivity contribution in [3.05, 3.63) is 40.3 Å². The fourth-order valence-corrected chi connectivity index (χ4v) is 1.44. The largest absolute Gasteiger partial charge is 0.305 e. The minimum atomic E-state index is -0.373. The lowest BCUT2D eigenvalue weighted by molar-refractivity contribution is 0.102. The van der Waals surface area contributed by atoms with Crippen LogP contribution in [0.25, 0.3) is 0 Å². The molecule has 0 aliphatic heterocycles. The fourth-order valence-electron chi connectivity index (χ4n) is 1.19. The van der Waals surface area contributed by atoms with Crippen molar-refractivity contribution >= 4 is 34.9 Å². The Hall–Kier alpha value is -1.59. The lowest BCUT2D eigenvalue weighted by Gasteiger charge is -2.01. The molecule has 0 aliphatic carbocycles. The molecule has 2 heterocycles. The van der Waals surface area contributed by atoms with Gasteiger partial charge in [-0.05, 0) is 12.1 Å². The first-order valence-corrected chi connectivity index (χ1v) is 5.44. The molecule has 0 radical (unpaired) electrons. The van der Waals surface area contributed by atoms with Crippen LogP contribution in [0.3, 0.4) is 0 Å². The van der Waals surface area contributed by atoms with Gasteiger partial charge >= 0.3 is 0 Å². The molecule has 1 N–H and O–H groups in total. The number of nitrogens with zero attached hydrogens (tertiary/aromatic N) is 3. The third-order valence-corrected chi connectivity index (χ3v) is 2.60. The van der Waals surface area contributed by atoms with E-state index in [1.54, 1.807) is 19.2 Å². The van der Waals surface area contributed by atoms with E-state index in [4.69, 9.17) is 23.2 Å². The Balaban J connectivity index is 2.14. The number of carbonyl (C=O) groups excluding carboxylic acids is 1. The molecule has 2 aromatic heterocycles. The second kappa shape index (κ2) is 4.73. The topological polar surface area (TPSA) is 59.8 Å². The summed E-state index contributed by atoms with van der Waals surface area (Å²) in [4.78, 5) is 15.7. The van der Waals surface area contributed by atoms with Crippen LogP contribution in [0.5, 0.6) is 0 Å². The van der Waals surface area contributed by atoms with Gasteiger partial charge in [0.1, 0.15) is 11.0 Å². The predicted molar refractivity (Wildman–Crippen MR) is 65.4 cm³/mol. The van der Waals surface area contributed by atoms with Gasteiger partial charge in [0, 0.05) is 19.3 Å². The average Bonchev–Trinajstić information content (AvgIpc) is 2.63. The summed E-state index contributed by atoms with van der Waals surface area (Å²) in [5.74, 6) is 0.0310. The summed E-state index contributed by atoms with van der Waals surface area (Å²) in [5, 5.41) is 7.42. The monoisotopic (exact) mass is 270 g/mol. The summed E-state index contributed by atoms with van der Waals surface area (Å²) < 4.78 is 1.41. The first-order valence-electron chi connectivity index (χ1n) is 4.69. The predicted octanol–water partition coefficient (Wildman–Crippen LogP) is 2.37. The molecule has 0 fully saturated rings. The molecule has 0 unspecified atom stereocenters. The third kappa shape index (κ3) is 2.75. The number of aryl methyl sites for hydroxylation is 1. The number of carbonyl (C=O) groups is 1. The molecule has 7 heteroatoms. The Bertz CT molecular complexity index is 530. The van der Waals surface area contributed by atoms with Crippen molar-refractivity contribution in [3.8, 4) is 0 Å². The van der Waals surface area contributed by atoms with Gasteiger partial charge in [-0.3, -0.25) is 9.48 Å². The molecule has 17 heavy (non-hydrogen) atoms. The van der Waals surface area contributed by atoms with E-state index in [2.05, 4.69) is 15.4 Å². The van der Waals surface area contributed by atoms with E-state index in [0.717, 1.165) is 0 Å². The summed E-state index contributed by atoms with van der Waals surface area (Å²) in [5.41, 5.74) is 0.231. The Morgan fingerprint density at radius 1 is 1.41 bits per heavy atom. The number of rotatable bonds is 2. The van der Waals surface area contributed by atoms with Gasteiger partial charge in [0.15, 0.2) is 5.69 Å². The lowest BCUT2D eigenvalue weighted by Crippen LogP contribution is -2.13. The van der Waals surface area contributed by atoms with E-state index in [1.165, 1.54) is 16.9 Å². The van der Waals surface area contributed by atoms with Crippen molar-refractivity contribution in [2.45, 2.75) is 0 Å². The van der Waals surface area contributed by atoms with E-state index in [-0.39, 0.29) is 11.6 Å². The van der Waals surface area contributed by atoms with Crippen LogP contribution >= 0.6 is 23.2 Å². The van der Waals surface area contributed by atoms with Crippen molar-refractivity contribution in [2.75, 3.05) is 5.32 Å². The van der Waals surface area contributed by atoms with Gasteiger partial charge < -0.3 is 5.32 Å². The van der Waals surface area contributed by atoms with Gasteiger partial charge in [-0.15, -0.1) is 0 Å². The molecule has 5 nitrogen and oxygen atoms in total. The van der Waals surface area contributed by atoms with Crippen molar-refractivity contribution in [1.29, 1.82) is 0 Å². The van der Waals surface area contributed by atoms with E-state index >= 15 is 0 Å². The standard InChI is InChI=1S/C10H8Cl2N4O/c1-16-8(12)4-7(15-16)10(17)14-9-3-2-6(11)5-13-9/h2-5H,1H3,(H,13,14,17). The molecule has 88 valence electrons. The number of pyridine rings is 1. The molecule has 0 spiro atoms. The summed E-state index contributed by atoms with van der Waals surface area (Å²) in [7, 11) is 1.65. The Labute approximate surface area is 107 Å². The van der Waals surface area contributed by atoms with Crippen LogP contribution in [-0.2, 0) is 7.05 Å². The van der Waals surface area contributed by atoms with Crippen LogP contribution in [0, 0.1) is 0 Å². The first-order chi connectivity index (χ1) is 8.06. The molecular weight excluding hydrogens is 263 g/mol. The van der Waals surface area contributed by atoms with Gasteiger partial charge in [0.2, 0.25) is 0 Å². The van der Waals surface area contributed by atoms with Crippen LogP contribution in [0.2, 0.25) is 10.2 Å². The normalized spacial score (nSPS) is 10.3. The lowest BCUT2D eigenvalue weighted by atomic mass is 10.4. The molecule has 0 saturated carbocycles. The number of hydrogen-bond donors (Lipinski definition) is 1. The fraction of sp³-hybridized carbons (Fsp3) is 0.100. The van der Waals surface area contributed by atoms with Gasteiger partial charge in [-0.1, -0.05) is 23.2 Å². The van der Waals surface area contributed by atoms with Gasteiger partial charge in [-0.25, -0.2) is 4.98 Å². The Kier molecular flexibility index (Phi) is 3.31. The highest BCUT2D eigenvalue weighted by Crippen LogP contribution is 2.12. The molecule has 0 aromatic carbocycles. The molecule has 0 atom stereocenters. The van der Waals surface area contributed by atoms with Gasteiger partial charge in [0.25, 0.3) is 5.91 Å². The van der Waals surface area contributed by atoms with Crippen LogP contribution in [0.4, 0.5) is 5.82 Å². The zero-order chi connectivity index (χ0) is 12.4. The van der Waals surface area contributed by atoms with Crippen molar-refractivity contribution < 1.29 is 4.79 Å². The Morgan fingerprint density at radius 3 is 2.71 bits per heavy atom. The first kappa shape index (κ1) is 11.9. The molecule has 0 aliphatic rings. The highest BCUT2D eigenvalue weighted by molar-refractivity contribution is 6.30. The highest BCUT2D eigenvalue weighted by atomic mass is 35.5. The number of amides is 1. The van der Waals surface area contributed by atoms with Crippen molar-refractivity contribution in [3.63, 3.8) is 0 Å². The quantitative estimate of drug-likeness (QED) is 0.912. The highest BCUT2D eigenvalue weighted by Gasteiger charge is 2.12. The molecule has 2 aromatic rings. The van der Waals surface area contributed by atoms with Gasteiger partial charge in [-0.2, -0.15) is 5.10 Å². The van der Waals surface area contributed by atoms with Crippen LogP contribution < -0.4 is 5.32 Å². The minimum absolute atomic E-state index is 0.231. The van der Waals surface area contributed by atoms with E-state index in [1.807, 2.05) is 0 Å². The van der Waals surface area contributed by atoms with Gasteiger partial charge in [0.05, 0.1) is 5.02 Å². The van der Waals surface area contributed by atoms with E-state index < -0.39 is 0 Å². The molecule has 0 saturated heterocycles. The number of nitrogens with one attached hydrogen (secondary N) is 1. The number of halogens is 2. The van der Waals surface area contributed by atoms with Crippen molar-refractivity contribution in [1.82, 2.24) is 14.8 Å². The zero-order valence-corrected chi connectivity index (χ0v) is 10.3. The number of aromatic nitrogens is 3. The molecule has 2 rings (SSSR count). The summed E-state index contributed by atoms with van der Waals surface area (Å²) in [6.45, 7) is 0. The van der Waals surface area contributed by atoms with Crippen LogP contribution in [0.1, 0.15) is 10.5 Å². The maximum atomic E-state index is 11.7. The zero-order valence-electron chi connectivity index (χ0n) is 8.82. The second-order valence-electron chi connectivity index (χ2n) is 3.29. The van der Waals surface area contributed by atoms with E-state index in [9.17, 15) is 4.79 Å². The SMILES string of the molecule is Cn1nc(C(=O)Nc2ccc(Cl)cn2)cc1Cl. The molecule has 1 amide bonds. The van der Waals surface area contributed by atoms with Crippen LogP contribution in [-0.4, -0.2) is 20.7 Å². The maximum Gasteiger partial charge on any atom is 0.277 e. The van der Waals surface area contributed by atoms with Crippen molar-refractivity contribution in [2.24, 2.45) is 7.05 Å². The third-order valence-electron chi connectivity index (χ3n) is 2.02. The summed E-state index contributed by atoms with van der Waals surface area (Å²) in [6.07, 6.45) is 1.45. The van der Waals surface area contributed by atoms with Crippen LogP contribution in [0.15, 0.2) is 24.4 Å². The second-order valence-corrected chi connectivity index (χ2v) is 4.12. The maximum absolute atomic E-state index is 11.7. The molecular formula is C10H8Cl2N4O. The molecule has 0 bridgehead atoms.